The van der Waals surface area contributed by atoms with Gasteiger partial charge >= 0.3 is 0 Å². The van der Waals surface area contributed by atoms with E-state index in [2.05, 4.69) is 5.32 Å². The van der Waals surface area contributed by atoms with Crippen molar-refractivity contribution in [2.75, 3.05) is 13.1 Å². The quantitative estimate of drug-likeness (QED) is 0.618. The molecule has 0 aliphatic carbocycles. The molecule has 0 amide bonds. The molecule has 0 radical (unpaired) electrons. The zero-order valence-corrected chi connectivity index (χ0v) is 7.44. The molecule has 0 aromatic heterocycles. The molecule has 0 saturated carbocycles. The van der Waals surface area contributed by atoms with Gasteiger partial charge in [0.1, 0.15) is 0 Å². The molecule has 0 aliphatic heterocycles. The molecule has 10 heavy (non-hydrogen) atoms. The highest BCUT2D eigenvalue weighted by molar-refractivity contribution is 4.78. The van der Waals surface area contributed by atoms with Crippen LogP contribution >= 0.6 is 0 Å². The van der Waals surface area contributed by atoms with Crippen LogP contribution in [0.1, 0.15) is 27.7 Å². The summed E-state index contributed by atoms with van der Waals surface area (Å²) in [5.41, 5.74) is -0.560. The summed E-state index contributed by atoms with van der Waals surface area (Å²) < 4.78 is 0. The smallest absolute Gasteiger partial charge is 0.0766 e. The predicted octanol–water partition coefficient (Wildman–Crippen LogP) is 1.00. The predicted molar refractivity (Wildman–Crippen MR) is 44.0 cm³/mol. The van der Waals surface area contributed by atoms with Crippen LogP contribution in [0, 0.1) is 5.92 Å². The van der Waals surface area contributed by atoms with Crippen molar-refractivity contribution in [3.8, 4) is 0 Å². The van der Waals surface area contributed by atoms with Crippen LogP contribution in [0.25, 0.3) is 0 Å². The van der Waals surface area contributed by atoms with Crippen LogP contribution in [0.3, 0.4) is 0 Å². The van der Waals surface area contributed by atoms with Gasteiger partial charge in [-0.1, -0.05) is 20.8 Å². The van der Waals surface area contributed by atoms with Gasteiger partial charge in [0.05, 0.1) is 5.60 Å². The Kier molecular flexibility index (Phi) is 3.91. The van der Waals surface area contributed by atoms with E-state index in [1.807, 2.05) is 27.7 Å². The van der Waals surface area contributed by atoms with Gasteiger partial charge < -0.3 is 10.4 Å². The van der Waals surface area contributed by atoms with E-state index in [9.17, 15) is 5.11 Å². The molecule has 0 bridgehead atoms. The third kappa shape index (κ3) is 3.18. The summed E-state index contributed by atoms with van der Waals surface area (Å²) in [7, 11) is 0. The first-order valence-corrected chi connectivity index (χ1v) is 3.93. The van der Waals surface area contributed by atoms with Crippen LogP contribution in [0.5, 0.6) is 0 Å². The zero-order chi connectivity index (χ0) is 8.20. The van der Waals surface area contributed by atoms with Crippen molar-refractivity contribution in [1.82, 2.24) is 5.32 Å². The van der Waals surface area contributed by atoms with E-state index < -0.39 is 5.60 Å². The van der Waals surface area contributed by atoms with Crippen LogP contribution in [0.4, 0.5) is 0 Å². The number of rotatable bonds is 4. The molecule has 1 atom stereocenters. The Morgan fingerprint density at radius 1 is 1.50 bits per heavy atom. The highest BCUT2D eigenvalue weighted by Crippen LogP contribution is 2.13. The molecule has 0 spiro atoms. The summed E-state index contributed by atoms with van der Waals surface area (Å²) in [5, 5.41) is 12.8. The van der Waals surface area contributed by atoms with Crippen LogP contribution in [0.15, 0.2) is 0 Å². The molecule has 1 unspecified atom stereocenters. The molecule has 2 nitrogen and oxygen atoms in total. The second-order valence-corrected chi connectivity index (χ2v) is 3.29. The maximum absolute atomic E-state index is 9.66. The lowest BCUT2D eigenvalue weighted by Crippen LogP contribution is -2.42. The van der Waals surface area contributed by atoms with Crippen LogP contribution in [-0.2, 0) is 0 Å². The summed E-state index contributed by atoms with van der Waals surface area (Å²) >= 11 is 0. The van der Waals surface area contributed by atoms with Crippen LogP contribution < -0.4 is 5.32 Å². The average Bonchev–Trinajstić information content (AvgIpc) is 1.84. The van der Waals surface area contributed by atoms with Crippen molar-refractivity contribution in [1.29, 1.82) is 0 Å². The fraction of sp³-hybridized carbons (Fsp3) is 1.00. The first-order chi connectivity index (χ1) is 4.50. The average molecular weight is 145 g/mol. The van der Waals surface area contributed by atoms with Gasteiger partial charge in [0.15, 0.2) is 0 Å². The number of likely N-dealkylation sites (N-methyl/N-ethyl adjacent to an activating group) is 1. The monoisotopic (exact) mass is 145 g/mol. The largest absolute Gasteiger partial charge is 0.389 e. The minimum atomic E-state index is -0.560. The first kappa shape index (κ1) is 9.92. The maximum Gasteiger partial charge on any atom is 0.0766 e. The molecule has 2 heteroatoms. The van der Waals surface area contributed by atoms with Gasteiger partial charge in [0, 0.05) is 6.54 Å². The summed E-state index contributed by atoms with van der Waals surface area (Å²) in [6.45, 7) is 9.55. The SMILES string of the molecule is CCNCC(C)(O)C(C)C. The van der Waals surface area contributed by atoms with E-state index in [1.165, 1.54) is 0 Å². The Balaban J connectivity index is 3.63. The van der Waals surface area contributed by atoms with Crippen molar-refractivity contribution in [2.45, 2.75) is 33.3 Å². The van der Waals surface area contributed by atoms with Crippen molar-refractivity contribution < 1.29 is 5.11 Å². The Morgan fingerprint density at radius 2 is 2.00 bits per heavy atom. The lowest BCUT2D eigenvalue weighted by molar-refractivity contribution is 0.0147. The molecule has 0 aromatic carbocycles. The van der Waals surface area contributed by atoms with Gasteiger partial charge in [-0.15, -0.1) is 0 Å². The number of hydrogen-bond donors (Lipinski definition) is 2. The van der Waals surface area contributed by atoms with E-state index in [1.54, 1.807) is 0 Å². The van der Waals surface area contributed by atoms with Crippen molar-refractivity contribution >= 4 is 0 Å². The number of hydrogen-bond acceptors (Lipinski definition) is 2. The van der Waals surface area contributed by atoms with Gasteiger partial charge in [-0.05, 0) is 19.4 Å². The molecular weight excluding hydrogens is 126 g/mol. The van der Waals surface area contributed by atoms with E-state index in [0.717, 1.165) is 6.54 Å². The van der Waals surface area contributed by atoms with Crippen molar-refractivity contribution in [2.24, 2.45) is 5.92 Å². The third-order valence-electron chi connectivity index (χ3n) is 1.98. The molecule has 0 heterocycles. The number of nitrogens with one attached hydrogen (secondary N) is 1. The summed E-state index contributed by atoms with van der Waals surface area (Å²) in [5.74, 6) is 0.312. The van der Waals surface area contributed by atoms with Gasteiger partial charge in [0.25, 0.3) is 0 Å². The molecule has 0 rings (SSSR count). The number of aliphatic hydroxyl groups is 1. The fourth-order valence-electron chi connectivity index (χ4n) is 0.582. The maximum atomic E-state index is 9.66. The highest BCUT2D eigenvalue weighted by atomic mass is 16.3. The Labute approximate surface area is 63.6 Å². The van der Waals surface area contributed by atoms with E-state index >= 15 is 0 Å². The van der Waals surface area contributed by atoms with Crippen LogP contribution in [0.2, 0.25) is 0 Å². The standard InChI is InChI=1S/C8H19NO/c1-5-9-6-8(4,10)7(2)3/h7,9-10H,5-6H2,1-4H3. The van der Waals surface area contributed by atoms with E-state index in [0.29, 0.717) is 12.5 Å². The molecule has 0 saturated heterocycles. The lowest BCUT2D eigenvalue weighted by Gasteiger charge is -2.27. The minimum absolute atomic E-state index is 0.312. The molecule has 0 aromatic rings. The molecule has 0 fully saturated rings. The Hall–Kier alpha value is -0.0800. The van der Waals surface area contributed by atoms with Crippen LogP contribution in [-0.4, -0.2) is 23.8 Å². The Bertz CT molecular complexity index is 89.3. The molecule has 2 N–H and O–H groups in total. The molecular formula is C8H19NO. The van der Waals surface area contributed by atoms with E-state index in [-0.39, 0.29) is 0 Å². The molecule has 0 aliphatic rings. The van der Waals surface area contributed by atoms with Gasteiger partial charge in [-0.3, -0.25) is 0 Å². The second-order valence-electron chi connectivity index (χ2n) is 3.29. The zero-order valence-electron chi connectivity index (χ0n) is 7.44. The summed E-state index contributed by atoms with van der Waals surface area (Å²) in [6, 6.07) is 0. The van der Waals surface area contributed by atoms with Gasteiger partial charge in [0.2, 0.25) is 0 Å². The summed E-state index contributed by atoms with van der Waals surface area (Å²) in [6.07, 6.45) is 0. The molecule has 62 valence electrons. The normalized spacial score (nSPS) is 17.4. The fourth-order valence-corrected chi connectivity index (χ4v) is 0.582. The van der Waals surface area contributed by atoms with Gasteiger partial charge in [-0.25, -0.2) is 0 Å². The minimum Gasteiger partial charge on any atom is -0.389 e. The summed E-state index contributed by atoms with van der Waals surface area (Å²) in [4.78, 5) is 0. The third-order valence-corrected chi connectivity index (χ3v) is 1.98. The van der Waals surface area contributed by atoms with Crippen molar-refractivity contribution in [3.63, 3.8) is 0 Å². The van der Waals surface area contributed by atoms with Crippen molar-refractivity contribution in [3.05, 3.63) is 0 Å². The van der Waals surface area contributed by atoms with Gasteiger partial charge in [-0.2, -0.15) is 0 Å². The first-order valence-electron chi connectivity index (χ1n) is 3.93. The Morgan fingerprint density at radius 3 is 2.30 bits per heavy atom. The van der Waals surface area contributed by atoms with E-state index in [4.69, 9.17) is 0 Å². The second kappa shape index (κ2) is 3.94. The topological polar surface area (TPSA) is 32.3 Å². The highest BCUT2D eigenvalue weighted by Gasteiger charge is 2.23. The lowest BCUT2D eigenvalue weighted by atomic mass is 9.93.